The predicted octanol–water partition coefficient (Wildman–Crippen LogP) is 5.07. The van der Waals surface area contributed by atoms with Crippen LogP contribution in [0.3, 0.4) is 0 Å². The molecule has 106 valence electrons. The lowest BCUT2D eigenvalue weighted by molar-refractivity contribution is 0.627. The molecule has 1 heterocycles. The maximum absolute atomic E-state index is 13.0. The Kier molecular flexibility index (Phi) is 5.57. The van der Waals surface area contributed by atoms with Gasteiger partial charge in [-0.1, -0.05) is 42.6 Å². The van der Waals surface area contributed by atoms with Crippen LogP contribution >= 0.6 is 45.8 Å². The first-order chi connectivity index (χ1) is 9.51. The van der Waals surface area contributed by atoms with Crippen LogP contribution in [0.15, 0.2) is 18.2 Å². The number of hydrogen-bond donors (Lipinski definition) is 0. The van der Waals surface area contributed by atoms with E-state index in [9.17, 15) is 4.39 Å². The Balaban J connectivity index is 2.33. The molecule has 0 aliphatic carbocycles. The third-order valence-electron chi connectivity index (χ3n) is 2.78. The normalized spacial score (nSPS) is 10.8. The minimum atomic E-state index is -0.355. The maximum Gasteiger partial charge on any atom is 0.146 e. The lowest BCUT2D eigenvalue weighted by Gasteiger charge is -2.08. The van der Waals surface area contributed by atoms with Crippen LogP contribution in [-0.2, 0) is 12.8 Å². The van der Waals surface area contributed by atoms with Crippen LogP contribution in [0.5, 0.6) is 0 Å². The zero-order chi connectivity index (χ0) is 14.7. The Bertz CT molecular complexity index is 635. The number of aryl methyl sites for hydroxylation is 1. The maximum atomic E-state index is 13.0. The third-order valence-corrected chi connectivity index (χ3v) is 4.85. The quantitative estimate of drug-likeness (QED) is 0.505. The summed E-state index contributed by atoms with van der Waals surface area (Å²) in [7, 11) is 0. The summed E-state index contributed by atoms with van der Waals surface area (Å²) in [6.07, 6.45) is 2.28. The number of rotatable bonds is 4. The van der Waals surface area contributed by atoms with Gasteiger partial charge in [-0.15, -0.1) is 0 Å². The van der Waals surface area contributed by atoms with Gasteiger partial charge in [0.2, 0.25) is 0 Å². The molecule has 1 aromatic heterocycles. The van der Waals surface area contributed by atoms with E-state index < -0.39 is 0 Å². The average molecular weight is 425 g/mol. The molecule has 0 N–H and O–H groups in total. The molecule has 0 aliphatic heterocycles. The molecular weight excluding hydrogens is 413 g/mol. The van der Waals surface area contributed by atoms with Gasteiger partial charge in [0.25, 0.3) is 0 Å². The molecule has 2 nitrogen and oxygen atoms in total. The lowest BCUT2D eigenvalue weighted by Crippen LogP contribution is -2.04. The van der Waals surface area contributed by atoms with Crippen molar-refractivity contribution >= 4 is 45.8 Å². The fourth-order valence-corrected chi connectivity index (χ4v) is 2.78. The first kappa shape index (κ1) is 15.9. The van der Waals surface area contributed by atoms with Crippen molar-refractivity contribution in [3.8, 4) is 0 Å². The highest BCUT2D eigenvalue weighted by Crippen LogP contribution is 2.23. The Morgan fingerprint density at radius 2 is 2.00 bits per heavy atom. The number of aromatic nitrogens is 2. The first-order valence-electron chi connectivity index (χ1n) is 6.16. The number of halogens is 4. The Labute approximate surface area is 140 Å². The van der Waals surface area contributed by atoms with Crippen molar-refractivity contribution in [3.63, 3.8) is 0 Å². The minimum absolute atomic E-state index is 0.355. The molecule has 0 saturated carbocycles. The smallest absolute Gasteiger partial charge is 0.146 e. The van der Waals surface area contributed by atoms with Crippen LogP contribution in [0.2, 0.25) is 10.2 Å². The number of nitrogens with zero attached hydrogens (tertiary/aromatic N) is 2. The average Bonchev–Trinajstić information content (AvgIpc) is 2.39. The molecular formula is C14H12Cl2FIN2. The van der Waals surface area contributed by atoms with Crippen LogP contribution in [0, 0.1) is 9.39 Å². The van der Waals surface area contributed by atoms with Gasteiger partial charge in [0.05, 0.1) is 9.26 Å². The summed E-state index contributed by atoms with van der Waals surface area (Å²) in [5.74, 6) is 0.249. The van der Waals surface area contributed by atoms with Gasteiger partial charge < -0.3 is 0 Å². The molecule has 0 atom stereocenters. The molecule has 0 saturated heterocycles. The summed E-state index contributed by atoms with van der Waals surface area (Å²) in [6.45, 7) is 2.09. The van der Waals surface area contributed by atoms with Crippen molar-refractivity contribution < 1.29 is 4.39 Å². The lowest BCUT2D eigenvalue weighted by atomic mass is 10.1. The Morgan fingerprint density at radius 1 is 1.25 bits per heavy atom. The first-order valence-corrected chi connectivity index (χ1v) is 7.99. The second-order valence-corrected chi connectivity index (χ2v) is 6.20. The van der Waals surface area contributed by atoms with E-state index in [1.165, 1.54) is 12.1 Å². The summed E-state index contributed by atoms with van der Waals surface area (Å²) in [5.41, 5.74) is 1.73. The Hall–Kier alpha value is -0.460. The van der Waals surface area contributed by atoms with Gasteiger partial charge in [-0.25, -0.2) is 14.4 Å². The summed E-state index contributed by atoms with van der Waals surface area (Å²) in [5, 5.41) is 0.831. The number of benzene rings is 1. The summed E-state index contributed by atoms with van der Waals surface area (Å²) in [6, 6.07) is 4.31. The van der Waals surface area contributed by atoms with Gasteiger partial charge in [0.1, 0.15) is 16.8 Å². The molecule has 0 spiro atoms. The van der Waals surface area contributed by atoms with Gasteiger partial charge in [0, 0.05) is 11.4 Å². The van der Waals surface area contributed by atoms with Crippen molar-refractivity contribution in [3.05, 3.63) is 54.8 Å². The Morgan fingerprint density at radius 3 is 2.65 bits per heavy atom. The second-order valence-electron chi connectivity index (χ2n) is 4.35. The van der Waals surface area contributed by atoms with Gasteiger partial charge >= 0.3 is 0 Å². The number of hydrogen-bond acceptors (Lipinski definition) is 2. The zero-order valence-electron chi connectivity index (χ0n) is 10.8. The third kappa shape index (κ3) is 3.80. The van der Waals surface area contributed by atoms with Crippen molar-refractivity contribution in [1.29, 1.82) is 0 Å². The van der Waals surface area contributed by atoms with E-state index in [2.05, 4.69) is 39.5 Å². The van der Waals surface area contributed by atoms with Crippen molar-refractivity contribution in [2.75, 3.05) is 0 Å². The van der Waals surface area contributed by atoms with Crippen LogP contribution in [0.25, 0.3) is 0 Å². The van der Waals surface area contributed by atoms with E-state index in [4.69, 9.17) is 23.2 Å². The molecule has 0 unspecified atom stereocenters. The van der Waals surface area contributed by atoms with Crippen molar-refractivity contribution in [2.24, 2.45) is 0 Å². The SMILES string of the molecule is CCCc1nc(Cc2ccc(F)cc2Cl)nc(Cl)c1I. The monoisotopic (exact) mass is 424 g/mol. The molecule has 0 radical (unpaired) electrons. The van der Waals surface area contributed by atoms with Crippen molar-refractivity contribution in [1.82, 2.24) is 9.97 Å². The minimum Gasteiger partial charge on any atom is -0.236 e. The molecule has 0 fully saturated rings. The molecule has 20 heavy (non-hydrogen) atoms. The fraction of sp³-hybridized carbons (Fsp3) is 0.286. The highest BCUT2D eigenvalue weighted by Gasteiger charge is 2.12. The van der Waals surface area contributed by atoms with Gasteiger partial charge in [-0.2, -0.15) is 0 Å². The molecule has 2 rings (SSSR count). The molecule has 0 bridgehead atoms. The van der Waals surface area contributed by atoms with Crippen LogP contribution < -0.4 is 0 Å². The van der Waals surface area contributed by atoms with Crippen LogP contribution in [-0.4, -0.2) is 9.97 Å². The molecule has 0 amide bonds. The summed E-state index contributed by atoms with van der Waals surface area (Å²) >= 11 is 14.3. The second kappa shape index (κ2) is 7.00. The van der Waals surface area contributed by atoms with E-state index in [1.807, 2.05) is 0 Å². The molecule has 6 heteroatoms. The van der Waals surface area contributed by atoms with E-state index in [1.54, 1.807) is 6.07 Å². The standard InChI is InChI=1S/C14H12Cl2FIN2/c1-2-3-11-13(18)14(16)20-12(19-11)6-8-4-5-9(17)7-10(8)15/h4-5,7H,2-3,6H2,1H3. The van der Waals surface area contributed by atoms with Gasteiger partial charge in [-0.05, 0) is 46.7 Å². The summed E-state index contributed by atoms with van der Waals surface area (Å²) in [4.78, 5) is 8.80. The summed E-state index contributed by atoms with van der Waals surface area (Å²) < 4.78 is 13.9. The van der Waals surface area contributed by atoms with E-state index in [-0.39, 0.29) is 5.82 Å². The largest absolute Gasteiger partial charge is 0.236 e. The van der Waals surface area contributed by atoms with Crippen molar-refractivity contribution in [2.45, 2.75) is 26.2 Å². The topological polar surface area (TPSA) is 25.8 Å². The van der Waals surface area contributed by atoms with Crippen LogP contribution in [0.4, 0.5) is 4.39 Å². The van der Waals surface area contributed by atoms with Crippen LogP contribution in [0.1, 0.15) is 30.4 Å². The fourth-order valence-electron chi connectivity index (χ4n) is 1.83. The molecule has 2 aromatic rings. The van der Waals surface area contributed by atoms with Gasteiger partial charge in [0.15, 0.2) is 0 Å². The molecule has 0 aliphatic rings. The zero-order valence-corrected chi connectivity index (χ0v) is 14.4. The molecule has 1 aromatic carbocycles. The predicted molar refractivity (Wildman–Crippen MR) is 88.0 cm³/mol. The highest BCUT2D eigenvalue weighted by molar-refractivity contribution is 14.1. The van der Waals surface area contributed by atoms with Gasteiger partial charge in [-0.3, -0.25) is 0 Å². The van der Waals surface area contributed by atoms with E-state index >= 15 is 0 Å². The van der Waals surface area contributed by atoms with E-state index in [0.29, 0.717) is 22.4 Å². The van der Waals surface area contributed by atoms with E-state index in [0.717, 1.165) is 27.7 Å². The highest BCUT2D eigenvalue weighted by atomic mass is 127.